The highest BCUT2D eigenvalue weighted by atomic mass is 32.2. The minimum Gasteiger partial charge on any atom is -0.478 e. The number of carbonyl (C=O) groups is 1. The average Bonchev–Trinajstić information content (AvgIpc) is 2.35. The Morgan fingerprint density at radius 3 is 2.67 bits per heavy atom. The highest BCUT2D eigenvalue weighted by Gasteiger charge is 2.17. The van der Waals surface area contributed by atoms with E-state index in [0.29, 0.717) is 5.69 Å². The molecule has 0 aromatic heterocycles. The Bertz CT molecular complexity index is 566. The predicted octanol–water partition coefficient (Wildman–Crippen LogP) is 0.891. The van der Waals surface area contributed by atoms with Gasteiger partial charge >= 0.3 is 5.97 Å². The quantitative estimate of drug-likeness (QED) is 0.667. The van der Waals surface area contributed by atoms with Crippen LogP contribution in [-0.2, 0) is 10.0 Å². The van der Waals surface area contributed by atoms with Crippen LogP contribution in [0, 0.1) is 0 Å². The van der Waals surface area contributed by atoms with Crippen LogP contribution in [0.2, 0.25) is 0 Å². The first kappa shape index (κ1) is 14.2. The van der Waals surface area contributed by atoms with Crippen LogP contribution in [0.25, 0.3) is 0 Å². The number of aromatic carboxylic acids is 1. The summed E-state index contributed by atoms with van der Waals surface area (Å²) in [6.07, 6.45) is 1.40. The van der Waals surface area contributed by atoms with Crippen molar-refractivity contribution in [2.75, 3.05) is 18.9 Å². The van der Waals surface area contributed by atoms with E-state index in [1.54, 1.807) is 7.05 Å². The molecular formula is C11H14N2O4S. The van der Waals surface area contributed by atoms with Crippen molar-refractivity contribution >= 4 is 21.7 Å². The first-order chi connectivity index (χ1) is 8.42. The van der Waals surface area contributed by atoms with Crippen molar-refractivity contribution in [1.29, 1.82) is 0 Å². The third-order valence-corrected chi connectivity index (χ3v) is 3.64. The molecule has 1 aromatic rings. The normalized spacial score (nSPS) is 10.9. The van der Waals surface area contributed by atoms with Gasteiger partial charge in [0, 0.05) is 19.3 Å². The molecule has 0 radical (unpaired) electrons. The van der Waals surface area contributed by atoms with Crippen LogP contribution in [0.1, 0.15) is 10.4 Å². The molecule has 3 N–H and O–H groups in total. The van der Waals surface area contributed by atoms with Crippen molar-refractivity contribution in [2.45, 2.75) is 4.90 Å². The second kappa shape index (κ2) is 5.65. The molecule has 1 aromatic carbocycles. The Balaban J connectivity index is 3.23. The van der Waals surface area contributed by atoms with E-state index in [1.807, 2.05) is 0 Å². The van der Waals surface area contributed by atoms with E-state index in [-0.39, 0.29) is 17.0 Å². The van der Waals surface area contributed by atoms with E-state index >= 15 is 0 Å². The van der Waals surface area contributed by atoms with Crippen LogP contribution in [0.5, 0.6) is 0 Å². The van der Waals surface area contributed by atoms with Crippen molar-refractivity contribution in [3.05, 3.63) is 36.4 Å². The maximum atomic E-state index is 11.8. The lowest BCUT2D eigenvalue weighted by atomic mass is 10.2. The molecule has 6 nitrogen and oxygen atoms in total. The van der Waals surface area contributed by atoms with Gasteiger partial charge in [0.15, 0.2) is 0 Å². The number of anilines is 1. The van der Waals surface area contributed by atoms with Crippen LogP contribution < -0.4 is 10.0 Å². The van der Waals surface area contributed by atoms with E-state index in [1.165, 1.54) is 18.2 Å². The fraction of sp³-hybridized carbons (Fsp3) is 0.182. The second-order valence-electron chi connectivity index (χ2n) is 3.40. The van der Waals surface area contributed by atoms with E-state index in [4.69, 9.17) is 5.11 Å². The summed E-state index contributed by atoms with van der Waals surface area (Å²) in [5, 5.41) is 11.7. The van der Waals surface area contributed by atoms with E-state index in [2.05, 4.69) is 16.6 Å². The van der Waals surface area contributed by atoms with Gasteiger partial charge in [-0.1, -0.05) is 6.08 Å². The van der Waals surface area contributed by atoms with Crippen LogP contribution in [-0.4, -0.2) is 33.1 Å². The fourth-order valence-electron chi connectivity index (χ4n) is 1.34. The molecule has 0 bridgehead atoms. The van der Waals surface area contributed by atoms with Crippen LogP contribution in [0.4, 0.5) is 5.69 Å². The first-order valence-electron chi connectivity index (χ1n) is 5.08. The molecular weight excluding hydrogens is 256 g/mol. The van der Waals surface area contributed by atoms with Gasteiger partial charge in [-0.3, -0.25) is 0 Å². The maximum absolute atomic E-state index is 11.8. The predicted molar refractivity (Wildman–Crippen MR) is 68.3 cm³/mol. The van der Waals surface area contributed by atoms with Gasteiger partial charge in [0.05, 0.1) is 10.5 Å². The van der Waals surface area contributed by atoms with Crippen molar-refractivity contribution in [2.24, 2.45) is 0 Å². The molecule has 0 fully saturated rings. The van der Waals surface area contributed by atoms with Crippen LogP contribution in [0.3, 0.4) is 0 Å². The van der Waals surface area contributed by atoms with Crippen molar-refractivity contribution in [3.8, 4) is 0 Å². The molecule has 0 amide bonds. The number of carboxylic acids is 1. The number of hydrogen-bond acceptors (Lipinski definition) is 4. The zero-order valence-electron chi connectivity index (χ0n) is 9.80. The summed E-state index contributed by atoms with van der Waals surface area (Å²) in [6.45, 7) is 3.48. The minimum atomic E-state index is -3.72. The molecule has 0 saturated carbocycles. The van der Waals surface area contributed by atoms with Crippen molar-refractivity contribution in [1.82, 2.24) is 4.72 Å². The Morgan fingerprint density at radius 2 is 2.17 bits per heavy atom. The van der Waals surface area contributed by atoms with Gasteiger partial charge in [-0.25, -0.2) is 17.9 Å². The molecule has 0 heterocycles. The largest absolute Gasteiger partial charge is 0.478 e. The van der Waals surface area contributed by atoms with Gasteiger partial charge in [-0.05, 0) is 18.2 Å². The van der Waals surface area contributed by atoms with Crippen molar-refractivity contribution in [3.63, 3.8) is 0 Å². The Hall–Kier alpha value is -1.86. The molecule has 0 saturated heterocycles. The summed E-state index contributed by atoms with van der Waals surface area (Å²) in [5.41, 5.74) is 0.254. The van der Waals surface area contributed by atoms with Gasteiger partial charge < -0.3 is 10.4 Å². The Labute approximate surface area is 105 Å². The summed E-state index contributed by atoms with van der Waals surface area (Å²) >= 11 is 0. The first-order valence-corrected chi connectivity index (χ1v) is 6.56. The lowest BCUT2D eigenvalue weighted by molar-refractivity contribution is 0.0697. The topological polar surface area (TPSA) is 95.5 Å². The summed E-state index contributed by atoms with van der Waals surface area (Å²) in [5.74, 6) is -1.19. The zero-order valence-corrected chi connectivity index (χ0v) is 10.6. The molecule has 0 aliphatic heterocycles. The lowest BCUT2D eigenvalue weighted by Gasteiger charge is -2.09. The second-order valence-corrected chi connectivity index (χ2v) is 5.17. The zero-order chi connectivity index (χ0) is 13.8. The number of sulfonamides is 1. The maximum Gasteiger partial charge on any atom is 0.337 e. The van der Waals surface area contributed by atoms with Gasteiger partial charge in [-0.15, -0.1) is 6.58 Å². The summed E-state index contributed by atoms with van der Waals surface area (Å²) in [4.78, 5) is 10.9. The molecule has 0 spiro atoms. The lowest BCUT2D eigenvalue weighted by Crippen LogP contribution is -2.24. The molecule has 0 atom stereocenters. The van der Waals surface area contributed by atoms with E-state index < -0.39 is 16.0 Å². The molecule has 18 heavy (non-hydrogen) atoms. The standard InChI is InChI=1S/C11H14N2O4S/c1-3-6-13-18(16,17)8-4-5-10(12-2)9(7-8)11(14)15/h3-5,7,12-13H,1,6H2,2H3,(H,14,15). The number of rotatable bonds is 6. The highest BCUT2D eigenvalue weighted by molar-refractivity contribution is 7.89. The van der Waals surface area contributed by atoms with Crippen molar-refractivity contribution < 1.29 is 18.3 Å². The number of benzene rings is 1. The molecule has 0 aliphatic rings. The number of carboxylic acid groups (broad SMARTS) is 1. The SMILES string of the molecule is C=CCNS(=O)(=O)c1ccc(NC)c(C(=O)O)c1. The van der Waals surface area contributed by atoms with Crippen LogP contribution in [0.15, 0.2) is 35.7 Å². The van der Waals surface area contributed by atoms with Crippen LogP contribution >= 0.6 is 0 Å². The summed E-state index contributed by atoms with van der Waals surface area (Å²) < 4.78 is 25.9. The van der Waals surface area contributed by atoms with Gasteiger partial charge in [0.2, 0.25) is 10.0 Å². The monoisotopic (exact) mass is 270 g/mol. The van der Waals surface area contributed by atoms with Gasteiger partial charge in [-0.2, -0.15) is 0 Å². The number of nitrogens with one attached hydrogen (secondary N) is 2. The Kier molecular flexibility index (Phi) is 4.46. The third-order valence-electron chi connectivity index (χ3n) is 2.22. The summed E-state index contributed by atoms with van der Waals surface area (Å²) in [7, 11) is -2.15. The summed E-state index contributed by atoms with van der Waals surface area (Å²) in [6, 6.07) is 3.86. The molecule has 98 valence electrons. The molecule has 0 unspecified atom stereocenters. The smallest absolute Gasteiger partial charge is 0.337 e. The average molecular weight is 270 g/mol. The third kappa shape index (κ3) is 3.08. The fourth-order valence-corrected chi connectivity index (χ4v) is 2.36. The molecule has 7 heteroatoms. The highest BCUT2D eigenvalue weighted by Crippen LogP contribution is 2.20. The Morgan fingerprint density at radius 1 is 1.50 bits per heavy atom. The molecule has 0 aliphatic carbocycles. The van der Waals surface area contributed by atoms with E-state index in [0.717, 1.165) is 6.07 Å². The van der Waals surface area contributed by atoms with Gasteiger partial charge in [0.1, 0.15) is 0 Å². The molecule has 1 rings (SSSR count). The number of hydrogen-bond donors (Lipinski definition) is 3. The van der Waals surface area contributed by atoms with E-state index in [9.17, 15) is 13.2 Å². The van der Waals surface area contributed by atoms with Gasteiger partial charge in [0.25, 0.3) is 0 Å². The minimum absolute atomic E-state index is 0.0819.